The maximum Gasteiger partial charge on any atom is 0.407 e. The van der Waals surface area contributed by atoms with E-state index in [1.54, 1.807) is 0 Å². The molecule has 0 saturated carbocycles. The van der Waals surface area contributed by atoms with Crippen LogP contribution >= 0.6 is 0 Å². The number of hydrogen-bond donors (Lipinski definition) is 19. The Balaban J connectivity index is 1.04. The van der Waals surface area contributed by atoms with Gasteiger partial charge in [-0.05, 0) is 6.42 Å². The summed E-state index contributed by atoms with van der Waals surface area (Å²) in [5.74, 6) is 0. The Labute approximate surface area is 408 Å². The van der Waals surface area contributed by atoms with Gasteiger partial charge < -0.3 is 154 Å². The average Bonchev–Trinajstić information content (AvgIpc) is 3.36. The lowest BCUT2D eigenvalue weighted by molar-refractivity contribution is -0.381. The molecule has 5 heterocycles. The van der Waals surface area contributed by atoms with Gasteiger partial charge in [0.15, 0.2) is 31.5 Å². The highest BCUT2D eigenvalue weighted by molar-refractivity contribution is 5.67. The van der Waals surface area contributed by atoms with Gasteiger partial charge >= 0.3 is 12.2 Å². The molecule has 5 aliphatic heterocycles. The third-order valence-electron chi connectivity index (χ3n) is 12.2. The van der Waals surface area contributed by atoms with E-state index >= 15 is 0 Å². The third kappa shape index (κ3) is 14.9. The van der Waals surface area contributed by atoms with Gasteiger partial charge in [0.05, 0.1) is 46.2 Å². The van der Waals surface area contributed by atoms with Gasteiger partial charge in [-0.3, -0.25) is 0 Å². The highest BCUT2D eigenvalue weighted by Gasteiger charge is 2.55. The molecule has 0 aliphatic carbocycles. The first-order valence-corrected chi connectivity index (χ1v) is 22.8. The summed E-state index contributed by atoms with van der Waals surface area (Å²) in [6, 6.07) is 0. The Bertz CT molecular complexity index is 1610. The summed E-state index contributed by atoms with van der Waals surface area (Å²) in [5.41, 5.74) is 0. The number of carbonyl (C=O) groups is 2. The van der Waals surface area contributed by atoms with Crippen LogP contribution in [0, 0.1) is 0 Å². The van der Waals surface area contributed by atoms with Gasteiger partial charge in [-0.15, -0.1) is 0 Å². The van der Waals surface area contributed by atoms with E-state index in [9.17, 15) is 96.4 Å². The number of amides is 2. The minimum Gasteiger partial charge on any atom is -0.447 e. The van der Waals surface area contributed by atoms with Gasteiger partial charge in [-0.2, -0.15) is 0 Å². The van der Waals surface area contributed by atoms with Crippen molar-refractivity contribution in [2.75, 3.05) is 72.6 Å². The fraction of sp³-hybridized carbons (Fsp3) is 0.949. The molecular weight excluding hydrogens is 992 g/mol. The van der Waals surface area contributed by atoms with Crippen molar-refractivity contribution < 1.29 is 153 Å². The molecule has 0 aromatic carbocycles. The lowest BCUT2D eigenvalue weighted by atomic mass is 9.96. The van der Waals surface area contributed by atoms with Crippen LogP contribution in [0.3, 0.4) is 0 Å². The monoisotopic (exact) mass is 1060 g/mol. The molecule has 0 aromatic rings. The summed E-state index contributed by atoms with van der Waals surface area (Å²) >= 11 is 0. The Morgan fingerprint density at radius 1 is 0.361 bits per heavy atom. The van der Waals surface area contributed by atoms with Crippen molar-refractivity contribution in [2.24, 2.45) is 0 Å². The van der Waals surface area contributed by atoms with E-state index in [4.69, 9.17) is 56.8 Å². The van der Waals surface area contributed by atoms with E-state index in [1.807, 2.05) is 0 Å². The van der Waals surface area contributed by atoms with Gasteiger partial charge in [0.25, 0.3) is 0 Å². The molecule has 0 spiro atoms. The van der Waals surface area contributed by atoms with Gasteiger partial charge in [0, 0.05) is 13.1 Å². The quantitative estimate of drug-likeness (QED) is 0.0423. The zero-order valence-electron chi connectivity index (χ0n) is 38.2. The van der Waals surface area contributed by atoms with E-state index < -0.39 is 225 Å². The molecule has 0 aromatic heterocycles. The second kappa shape index (κ2) is 28.6. The van der Waals surface area contributed by atoms with Crippen molar-refractivity contribution >= 4 is 12.2 Å². The van der Waals surface area contributed by atoms with Crippen molar-refractivity contribution in [3.05, 3.63) is 0 Å². The Kier molecular flexibility index (Phi) is 23.9. The Morgan fingerprint density at radius 3 is 1.19 bits per heavy atom. The largest absolute Gasteiger partial charge is 0.447 e. The van der Waals surface area contributed by atoms with Crippen LogP contribution < -0.4 is 10.6 Å². The predicted octanol–water partition coefficient (Wildman–Crippen LogP) is -12.1. The molecule has 2 amide bonds. The standard InChI is InChI=1S/C39H68N2O31/c42-8-13-18(47)20(49)24(53)35(67-13)70-29-16(11-45)66-34(58)31(26(29)55)61-4-6-63-38(59)40-2-1-3-41-39(60)64-7-5-62-32-27(56)30(71-36-25(54)21(50)19(48)14(9-43)68-36)17(12-46)69-37(32)72-28-15(10-44)65-33(57)23(52)22(28)51/h13-37,42-58H,1-12H2,(H,40,59)(H,41,60)/t13-,14-,15-,16-,17-,18+,19+,20+,21+,22-,23-,24-,25-,26+,27+,28-,29+,30+,31-,32-,33-,34+,35-,36-,37+/m1/s1. The van der Waals surface area contributed by atoms with E-state index in [1.165, 1.54) is 0 Å². The van der Waals surface area contributed by atoms with Crippen molar-refractivity contribution in [2.45, 2.75) is 160 Å². The second-order valence-corrected chi connectivity index (χ2v) is 17.0. The number of ether oxygens (including phenoxy) is 12. The van der Waals surface area contributed by atoms with E-state index in [2.05, 4.69) is 10.6 Å². The SMILES string of the molecule is O=C(NCCCNC(=O)OCCO[C@H]1[C@H](O[C@H]2[C@H](O)[C@@H](O)[C@H](O)O[C@@H]2CO)O[C@H](CO)[C@H](O[C@H]2O[C@H](CO)[C@H](O)[C@H](O)[C@H]2O)[C@@H]1O)OCCO[C@@H]1[C@@H](O)[C@@H](O[C@H]2O[C@H](CO)[C@H](O)[C@H](O)[C@H]2O)[C@@H](CO)O[C@@H]1O. The lowest BCUT2D eigenvalue weighted by Gasteiger charge is -2.48. The normalized spacial score (nSPS) is 43.7. The highest BCUT2D eigenvalue weighted by atomic mass is 16.8. The number of aliphatic hydroxyl groups excluding tert-OH is 17. The number of hydrogen-bond acceptors (Lipinski definition) is 31. The molecule has 72 heavy (non-hydrogen) atoms. The summed E-state index contributed by atoms with van der Waals surface area (Å²) < 4.78 is 65.1. The molecule has 5 fully saturated rings. The molecule has 33 heteroatoms. The fourth-order valence-electron chi connectivity index (χ4n) is 8.17. The van der Waals surface area contributed by atoms with Crippen LogP contribution in [0.2, 0.25) is 0 Å². The zero-order valence-corrected chi connectivity index (χ0v) is 38.2. The third-order valence-corrected chi connectivity index (χ3v) is 12.2. The highest BCUT2D eigenvalue weighted by Crippen LogP contribution is 2.34. The van der Waals surface area contributed by atoms with Gasteiger partial charge in [0.1, 0.15) is 135 Å². The lowest BCUT2D eigenvalue weighted by Crippen LogP contribution is -2.67. The first-order chi connectivity index (χ1) is 34.3. The van der Waals surface area contributed by atoms with Gasteiger partial charge in [-0.1, -0.05) is 0 Å². The molecule has 5 rings (SSSR count). The first kappa shape index (κ1) is 60.3. The van der Waals surface area contributed by atoms with Crippen LogP contribution in [-0.4, -0.2) is 325 Å². The van der Waals surface area contributed by atoms with Crippen molar-refractivity contribution in [1.29, 1.82) is 0 Å². The summed E-state index contributed by atoms with van der Waals surface area (Å²) in [4.78, 5) is 24.7. The van der Waals surface area contributed by atoms with E-state index in [0.717, 1.165) is 0 Å². The zero-order chi connectivity index (χ0) is 53.0. The van der Waals surface area contributed by atoms with Crippen molar-refractivity contribution in [1.82, 2.24) is 10.6 Å². The number of aliphatic hydroxyl groups is 17. The summed E-state index contributed by atoms with van der Waals surface area (Å²) in [6.07, 6.45) is -44.8. The van der Waals surface area contributed by atoms with Gasteiger partial charge in [0.2, 0.25) is 0 Å². The first-order valence-electron chi connectivity index (χ1n) is 22.8. The van der Waals surface area contributed by atoms with Gasteiger partial charge in [-0.25, -0.2) is 9.59 Å². The number of alkyl carbamates (subject to hydrolysis) is 2. The molecule has 0 unspecified atom stereocenters. The van der Waals surface area contributed by atoms with Crippen molar-refractivity contribution in [3.8, 4) is 0 Å². The number of nitrogens with one attached hydrogen (secondary N) is 2. The van der Waals surface area contributed by atoms with Crippen LogP contribution in [0.4, 0.5) is 9.59 Å². The molecular formula is C39H68N2O31. The molecule has 5 aliphatic rings. The molecule has 25 atom stereocenters. The van der Waals surface area contributed by atoms with E-state index in [-0.39, 0.29) is 19.5 Å². The van der Waals surface area contributed by atoms with E-state index in [0.29, 0.717) is 0 Å². The average molecular weight is 1060 g/mol. The smallest absolute Gasteiger partial charge is 0.407 e. The molecule has 5 saturated heterocycles. The fourth-order valence-corrected chi connectivity index (χ4v) is 8.17. The Hall–Kier alpha value is -2.54. The summed E-state index contributed by atoms with van der Waals surface area (Å²) in [5, 5.41) is 179. The summed E-state index contributed by atoms with van der Waals surface area (Å²) in [6.45, 7) is -6.13. The second-order valence-electron chi connectivity index (χ2n) is 17.0. The number of carbonyl (C=O) groups excluding carboxylic acids is 2. The Morgan fingerprint density at radius 2 is 0.736 bits per heavy atom. The minimum absolute atomic E-state index is 0.0352. The van der Waals surface area contributed by atoms with Crippen LogP contribution in [-0.2, 0) is 56.8 Å². The number of rotatable bonds is 23. The van der Waals surface area contributed by atoms with Crippen LogP contribution in [0.5, 0.6) is 0 Å². The molecule has 33 nitrogen and oxygen atoms in total. The van der Waals surface area contributed by atoms with Crippen LogP contribution in [0.1, 0.15) is 6.42 Å². The topological polar surface area (TPSA) is 513 Å². The molecule has 19 N–H and O–H groups in total. The minimum atomic E-state index is -1.95. The van der Waals surface area contributed by atoms with Crippen molar-refractivity contribution in [3.63, 3.8) is 0 Å². The maximum atomic E-state index is 12.4. The molecule has 0 radical (unpaired) electrons. The molecule has 0 bridgehead atoms. The maximum absolute atomic E-state index is 12.4. The van der Waals surface area contributed by atoms with Crippen LogP contribution in [0.25, 0.3) is 0 Å². The predicted molar refractivity (Wildman–Crippen MR) is 221 cm³/mol. The summed E-state index contributed by atoms with van der Waals surface area (Å²) in [7, 11) is 0. The van der Waals surface area contributed by atoms with Crippen LogP contribution in [0.15, 0.2) is 0 Å². The molecule has 420 valence electrons.